The summed E-state index contributed by atoms with van der Waals surface area (Å²) in [7, 11) is 4.02. The van der Waals surface area contributed by atoms with Gasteiger partial charge in [0.1, 0.15) is 0 Å². The molecule has 0 unspecified atom stereocenters. The van der Waals surface area contributed by atoms with E-state index >= 15 is 0 Å². The van der Waals surface area contributed by atoms with E-state index in [9.17, 15) is 9.59 Å². The number of nitrogens with one attached hydrogen (secondary N) is 1. The van der Waals surface area contributed by atoms with Crippen LogP contribution in [0.1, 0.15) is 19.3 Å². The van der Waals surface area contributed by atoms with E-state index in [-0.39, 0.29) is 18.1 Å². The van der Waals surface area contributed by atoms with E-state index in [1.54, 1.807) is 0 Å². The molecule has 0 aliphatic carbocycles. The molecule has 0 radical (unpaired) electrons. The monoisotopic (exact) mass is 286 g/mol. The summed E-state index contributed by atoms with van der Waals surface area (Å²) in [4.78, 5) is 22.7. The molecule has 3 N–H and O–H groups in total. The van der Waals surface area contributed by atoms with Crippen molar-refractivity contribution < 1.29 is 19.8 Å². The Hall–Kier alpha value is -1.66. The molecular weight excluding hydrogens is 260 g/mol. The number of hydrogen-bond acceptors (Lipinski definition) is 4. The molecule has 0 aliphatic heterocycles. The molecule has 6 nitrogen and oxygen atoms in total. The summed E-state index contributed by atoms with van der Waals surface area (Å²) in [5.41, 5.74) is 0.157. The van der Waals surface area contributed by atoms with Crippen molar-refractivity contribution in [2.45, 2.75) is 19.3 Å². The number of hydrogen-bond donors (Lipinski definition) is 3. The van der Waals surface area contributed by atoms with Gasteiger partial charge in [0.25, 0.3) is 0 Å². The lowest BCUT2D eigenvalue weighted by Gasteiger charge is -2.08. The van der Waals surface area contributed by atoms with Crippen LogP contribution in [0.4, 0.5) is 0 Å². The van der Waals surface area contributed by atoms with Crippen LogP contribution in [0, 0.1) is 0 Å². The highest BCUT2D eigenvalue weighted by Crippen LogP contribution is 2.00. The van der Waals surface area contributed by atoms with Crippen LogP contribution in [-0.4, -0.2) is 60.8 Å². The lowest BCUT2D eigenvalue weighted by molar-refractivity contribution is -0.132. The largest absolute Gasteiger partial charge is 0.478 e. The van der Waals surface area contributed by atoms with Gasteiger partial charge < -0.3 is 20.4 Å². The molecule has 0 saturated heterocycles. The van der Waals surface area contributed by atoms with Crippen molar-refractivity contribution >= 4 is 11.9 Å². The summed E-state index contributed by atoms with van der Waals surface area (Å²) >= 11 is 0. The van der Waals surface area contributed by atoms with Gasteiger partial charge >= 0.3 is 5.97 Å². The van der Waals surface area contributed by atoms with E-state index in [2.05, 4.69) is 23.4 Å². The molecule has 0 atom stereocenters. The maximum Gasteiger partial charge on any atom is 0.330 e. The number of rotatable bonds is 9. The molecule has 0 aromatic rings. The standard InChI is InChI=1S/C8H16N2O.C6H10O3/c1-4-8(11)9-6-5-7-10(2)3;1-5(6(8)9)3-2-4-7/h4H,1,5-7H2,2-3H3,(H,9,11);7H,1-4H2,(H,8,9). The molecule has 116 valence electrons. The molecule has 0 aromatic carbocycles. The molecule has 0 aromatic heterocycles. The first-order chi connectivity index (χ1) is 9.34. The fourth-order valence-electron chi connectivity index (χ4n) is 1.08. The third-order valence-electron chi connectivity index (χ3n) is 2.21. The van der Waals surface area contributed by atoms with Gasteiger partial charge in [0.2, 0.25) is 5.91 Å². The fraction of sp³-hybridized carbons (Fsp3) is 0.571. The molecule has 0 bridgehead atoms. The maximum absolute atomic E-state index is 10.6. The summed E-state index contributed by atoms with van der Waals surface area (Å²) in [6.45, 7) is 8.38. The Morgan fingerprint density at radius 3 is 2.30 bits per heavy atom. The summed E-state index contributed by atoms with van der Waals surface area (Å²) in [5.74, 6) is -1.08. The Morgan fingerprint density at radius 2 is 1.90 bits per heavy atom. The average molecular weight is 286 g/mol. The number of carboxylic acids is 1. The van der Waals surface area contributed by atoms with Crippen LogP contribution in [0.25, 0.3) is 0 Å². The van der Waals surface area contributed by atoms with Crippen molar-refractivity contribution in [2.24, 2.45) is 0 Å². The van der Waals surface area contributed by atoms with Crippen LogP contribution in [0.2, 0.25) is 0 Å². The van der Waals surface area contributed by atoms with Crippen molar-refractivity contribution in [2.75, 3.05) is 33.8 Å². The minimum absolute atomic E-state index is 0.0201. The van der Waals surface area contributed by atoms with Crippen molar-refractivity contribution in [1.29, 1.82) is 0 Å². The van der Waals surface area contributed by atoms with Gasteiger partial charge in [0, 0.05) is 18.7 Å². The second-order valence-corrected chi connectivity index (χ2v) is 4.39. The van der Waals surface area contributed by atoms with Gasteiger partial charge in [-0.3, -0.25) is 4.79 Å². The van der Waals surface area contributed by atoms with Gasteiger partial charge in [-0.2, -0.15) is 0 Å². The Morgan fingerprint density at radius 1 is 1.30 bits per heavy atom. The number of aliphatic hydroxyl groups is 1. The summed E-state index contributed by atoms with van der Waals surface area (Å²) in [6.07, 6.45) is 3.11. The van der Waals surface area contributed by atoms with E-state index in [1.165, 1.54) is 6.08 Å². The van der Waals surface area contributed by atoms with Gasteiger partial charge in [-0.15, -0.1) is 0 Å². The smallest absolute Gasteiger partial charge is 0.330 e. The number of carboxylic acid groups (broad SMARTS) is 1. The van der Waals surface area contributed by atoms with E-state index in [1.807, 2.05) is 14.1 Å². The van der Waals surface area contributed by atoms with Gasteiger partial charge in [-0.1, -0.05) is 13.2 Å². The molecule has 0 fully saturated rings. The van der Waals surface area contributed by atoms with Gasteiger partial charge in [-0.05, 0) is 46.0 Å². The number of carbonyl (C=O) groups is 2. The Balaban J connectivity index is 0. The number of nitrogens with zero attached hydrogens (tertiary/aromatic N) is 1. The number of aliphatic carboxylic acids is 1. The average Bonchev–Trinajstić information content (AvgIpc) is 2.40. The molecule has 0 aliphatic rings. The van der Waals surface area contributed by atoms with E-state index in [4.69, 9.17) is 10.2 Å². The number of aliphatic hydroxyl groups excluding tert-OH is 1. The molecule has 0 spiro atoms. The van der Waals surface area contributed by atoms with Crippen LogP contribution >= 0.6 is 0 Å². The van der Waals surface area contributed by atoms with Crippen LogP contribution < -0.4 is 5.32 Å². The van der Waals surface area contributed by atoms with Crippen molar-refractivity contribution in [3.05, 3.63) is 24.8 Å². The van der Waals surface area contributed by atoms with Crippen molar-refractivity contribution in [3.63, 3.8) is 0 Å². The van der Waals surface area contributed by atoms with Gasteiger partial charge in [-0.25, -0.2) is 4.79 Å². The molecule has 0 rings (SSSR count). The lowest BCUT2D eigenvalue weighted by atomic mass is 10.2. The molecular formula is C14H26N2O4. The zero-order chi connectivity index (χ0) is 16.0. The predicted octanol–water partition coefficient (Wildman–Crippen LogP) is 0.640. The van der Waals surface area contributed by atoms with Crippen LogP contribution in [0.3, 0.4) is 0 Å². The number of carbonyl (C=O) groups excluding carboxylic acids is 1. The Kier molecular flexibility index (Phi) is 14.2. The second-order valence-electron chi connectivity index (χ2n) is 4.39. The maximum atomic E-state index is 10.6. The Bertz CT molecular complexity index is 314. The lowest BCUT2D eigenvalue weighted by Crippen LogP contribution is -2.25. The summed E-state index contributed by atoms with van der Waals surface area (Å²) in [5, 5.41) is 19.2. The molecule has 0 heterocycles. The third-order valence-corrected chi connectivity index (χ3v) is 2.21. The van der Waals surface area contributed by atoms with Crippen LogP contribution in [0.15, 0.2) is 24.8 Å². The van der Waals surface area contributed by atoms with Crippen molar-refractivity contribution in [3.8, 4) is 0 Å². The molecule has 6 heteroatoms. The van der Waals surface area contributed by atoms with E-state index in [0.717, 1.165) is 19.5 Å². The van der Waals surface area contributed by atoms with E-state index in [0.29, 0.717) is 12.8 Å². The second kappa shape index (κ2) is 13.8. The third kappa shape index (κ3) is 16.3. The summed E-state index contributed by atoms with van der Waals surface area (Å²) < 4.78 is 0. The highest BCUT2D eigenvalue weighted by atomic mass is 16.4. The molecule has 1 amide bonds. The number of amides is 1. The zero-order valence-electron chi connectivity index (χ0n) is 12.4. The zero-order valence-corrected chi connectivity index (χ0v) is 12.4. The Labute approximate surface area is 120 Å². The minimum atomic E-state index is -0.983. The molecule has 0 saturated carbocycles. The van der Waals surface area contributed by atoms with Gasteiger partial charge in [0.05, 0.1) is 0 Å². The SMILES string of the molecule is C=C(CCCO)C(=O)O.C=CC(=O)NCCCN(C)C. The molecule has 20 heavy (non-hydrogen) atoms. The quantitative estimate of drug-likeness (QED) is 0.427. The first-order valence-corrected chi connectivity index (χ1v) is 6.42. The first-order valence-electron chi connectivity index (χ1n) is 6.42. The first kappa shape index (κ1) is 20.7. The predicted molar refractivity (Wildman–Crippen MR) is 79.5 cm³/mol. The normalized spacial score (nSPS) is 9.40. The highest BCUT2D eigenvalue weighted by Gasteiger charge is 2.01. The minimum Gasteiger partial charge on any atom is -0.478 e. The fourth-order valence-corrected chi connectivity index (χ4v) is 1.08. The van der Waals surface area contributed by atoms with E-state index < -0.39 is 5.97 Å². The highest BCUT2D eigenvalue weighted by molar-refractivity contribution is 5.86. The van der Waals surface area contributed by atoms with Crippen LogP contribution in [-0.2, 0) is 9.59 Å². The topological polar surface area (TPSA) is 89.9 Å². The van der Waals surface area contributed by atoms with Crippen molar-refractivity contribution in [1.82, 2.24) is 10.2 Å². The van der Waals surface area contributed by atoms with Crippen LogP contribution in [0.5, 0.6) is 0 Å². The summed E-state index contributed by atoms with van der Waals surface area (Å²) in [6, 6.07) is 0. The van der Waals surface area contributed by atoms with Gasteiger partial charge in [0.15, 0.2) is 0 Å².